The fourth-order valence-corrected chi connectivity index (χ4v) is 1.56. The molecule has 0 aliphatic rings. The summed E-state index contributed by atoms with van der Waals surface area (Å²) in [6.07, 6.45) is 1.63. The third kappa shape index (κ3) is 3.16. The van der Waals surface area contributed by atoms with E-state index in [1.807, 2.05) is 38.1 Å². The van der Waals surface area contributed by atoms with Gasteiger partial charge >= 0.3 is 0 Å². The van der Waals surface area contributed by atoms with Gasteiger partial charge in [0.25, 0.3) is 0 Å². The van der Waals surface area contributed by atoms with Crippen molar-refractivity contribution in [2.45, 2.75) is 26.9 Å². The first-order valence-electron chi connectivity index (χ1n) is 5.82. The van der Waals surface area contributed by atoms with Crippen LogP contribution in [0.2, 0.25) is 0 Å². The molecule has 0 radical (unpaired) electrons. The van der Waals surface area contributed by atoms with Crippen molar-refractivity contribution in [2.75, 3.05) is 0 Å². The molecule has 0 atom stereocenters. The number of aryl methyl sites for hydroxylation is 2. The Kier molecular flexibility index (Phi) is 3.72. The van der Waals surface area contributed by atoms with Crippen LogP contribution in [0.5, 0.6) is 0 Å². The molecular weight excluding hydrogens is 228 g/mol. The van der Waals surface area contributed by atoms with Crippen molar-refractivity contribution in [1.29, 1.82) is 0 Å². The van der Waals surface area contributed by atoms with Gasteiger partial charge in [-0.15, -0.1) is 5.10 Å². The van der Waals surface area contributed by atoms with E-state index in [4.69, 9.17) is 0 Å². The van der Waals surface area contributed by atoms with Crippen molar-refractivity contribution in [3.05, 3.63) is 47.3 Å². The summed E-state index contributed by atoms with van der Waals surface area (Å²) in [7, 11) is 0. The molecule has 0 saturated heterocycles. The molecule has 0 saturated carbocycles. The second-order valence-corrected chi connectivity index (χ2v) is 4.30. The molecule has 94 valence electrons. The van der Waals surface area contributed by atoms with E-state index in [1.54, 1.807) is 10.9 Å². The van der Waals surface area contributed by atoms with Crippen molar-refractivity contribution in [3.63, 3.8) is 0 Å². The summed E-state index contributed by atoms with van der Waals surface area (Å²) in [6.45, 7) is 4.65. The zero-order valence-corrected chi connectivity index (χ0v) is 10.6. The maximum Gasteiger partial charge on any atom is 0.242 e. The molecule has 1 heterocycles. The predicted octanol–water partition coefficient (Wildman–Crippen LogP) is 1.21. The summed E-state index contributed by atoms with van der Waals surface area (Å²) in [6, 6.07) is 8.08. The molecule has 1 N–H and O–H groups in total. The zero-order chi connectivity index (χ0) is 13.0. The zero-order valence-electron chi connectivity index (χ0n) is 10.6. The maximum atomic E-state index is 11.7. The van der Waals surface area contributed by atoms with E-state index < -0.39 is 0 Å². The number of nitrogens with one attached hydrogen (secondary N) is 1. The van der Waals surface area contributed by atoms with Crippen LogP contribution in [0, 0.1) is 13.8 Å². The van der Waals surface area contributed by atoms with Gasteiger partial charge < -0.3 is 5.32 Å². The number of carbonyl (C=O) groups excluding carboxylic acids is 1. The van der Waals surface area contributed by atoms with Gasteiger partial charge in [-0.05, 0) is 19.4 Å². The van der Waals surface area contributed by atoms with Gasteiger partial charge in [-0.25, -0.2) is 4.68 Å². The Labute approximate surface area is 106 Å². The highest BCUT2D eigenvalue weighted by Gasteiger charge is 2.05. The number of amides is 1. The van der Waals surface area contributed by atoms with Crippen LogP contribution in [0.4, 0.5) is 0 Å². The largest absolute Gasteiger partial charge is 0.350 e. The Morgan fingerprint density at radius 3 is 2.61 bits per heavy atom. The SMILES string of the molecule is Cc1ccc(CNC(=O)Cn2nncc2C)cc1. The van der Waals surface area contributed by atoms with Gasteiger partial charge in [-0.1, -0.05) is 35.0 Å². The van der Waals surface area contributed by atoms with E-state index in [-0.39, 0.29) is 12.5 Å². The van der Waals surface area contributed by atoms with Crippen LogP contribution < -0.4 is 5.32 Å². The lowest BCUT2D eigenvalue weighted by atomic mass is 10.1. The van der Waals surface area contributed by atoms with Crippen LogP contribution in [0.15, 0.2) is 30.5 Å². The van der Waals surface area contributed by atoms with Crippen LogP contribution in [0.25, 0.3) is 0 Å². The molecule has 0 aliphatic carbocycles. The third-order valence-electron chi connectivity index (χ3n) is 2.71. The minimum atomic E-state index is -0.0656. The molecule has 0 bridgehead atoms. The minimum Gasteiger partial charge on any atom is -0.350 e. The van der Waals surface area contributed by atoms with E-state index >= 15 is 0 Å². The Hall–Kier alpha value is -2.17. The van der Waals surface area contributed by atoms with Crippen molar-refractivity contribution < 1.29 is 4.79 Å². The van der Waals surface area contributed by atoms with E-state index in [0.29, 0.717) is 6.54 Å². The lowest BCUT2D eigenvalue weighted by molar-refractivity contribution is -0.122. The minimum absolute atomic E-state index is 0.0656. The first kappa shape index (κ1) is 12.3. The predicted molar refractivity (Wildman–Crippen MR) is 67.8 cm³/mol. The Morgan fingerprint density at radius 2 is 2.00 bits per heavy atom. The third-order valence-corrected chi connectivity index (χ3v) is 2.71. The summed E-state index contributed by atoms with van der Waals surface area (Å²) >= 11 is 0. The Bertz CT molecular complexity index is 530. The smallest absolute Gasteiger partial charge is 0.242 e. The number of rotatable bonds is 4. The van der Waals surface area contributed by atoms with Gasteiger partial charge in [0, 0.05) is 6.54 Å². The van der Waals surface area contributed by atoms with Crippen molar-refractivity contribution in [3.8, 4) is 0 Å². The van der Waals surface area contributed by atoms with Crippen molar-refractivity contribution >= 4 is 5.91 Å². The van der Waals surface area contributed by atoms with Gasteiger partial charge in [0.15, 0.2) is 0 Å². The molecule has 0 unspecified atom stereocenters. The number of benzene rings is 1. The lowest BCUT2D eigenvalue weighted by Gasteiger charge is -2.06. The van der Waals surface area contributed by atoms with E-state index in [9.17, 15) is 4.79 Å². The average Bonchev–Trinajstić information content (AvgIpc) is 2.74. The fraction of sp³-hybridized carbons (Fsp3) is 0.308. The fourth-order valence-electron chi connectivity index (χ4n) is 1.56. The molecule has 5 heteroatoms. The normalized spacial score (nSPS) is 10.3. The topological polar surface area (TPSA) is 59.8 Å². The van der Waals surface area contributed by atoms with Crippen LogP contribution in [-0.2, 0) is 17.9 Å². The molecule has 1 amide bonds. The van der Waals surface area contributed by atoms with Gasteiger partial charge in [0.1, 0.15) is 6.54 Å². The summed E-state index contributed by atoms with van der Waals surface area (Å²) in [4.78, 5) is 11.7. The summed E-state index contributed by atoms with van der Waals surface area (Å²) in [5, 5.41) is 10.4. The maximum absolute atomic E-state index is 11.7. The van der Waals surface area contributed by atoms with Gasteiger partial charge in [-0.3, -0.25) is 4.79 Å². The van der Waals surface area contributed by atoms with Crippen molar-refractivity contribution in [1.82, 2.24) is 20.3 Å². The Morgan fingerprint density at radius 1 is 1.28 bits per heavy atom. The van der Waals surface area contributed by atoms with Gasteiger partial charge in [-0.2, -0.15) is 0 Å². The molecule has 2 aromatic rings. The second kappa shape index (κ2) is 5.44. The standard InChI is InChI=1S/C13H16N4O/c1-10-3-5-12(6-4-10)8-14-13(18)9-17-11(2)7-15-16-17/h3-7H,8-9H2,1-2H3,(H,14,18). The lowest BCUT2D eigenvalue weighted by Crippen LogP contribution is -2.27. The van der Waals surface area contributed by atoms with Gasteiger partial charge in [0.05, 0.1) is 11.9 Å². The average molecular weight is 244 g/mol. The molecule has 18 heavy (non-hydrogen) atoms. The monoisotopic (exact) mass is 244 g/mol. The highest BCUT2D eigenvalue weighted by Crippen LogP contribution is 2.02. The molecule has 1 aromatic carbocycles. The number of nitrogens with zero attached hydrogens (tertiary/aromatic N) is 3. The van der Waals surface area contributed by atoms with Crippen LogP contribution >= 0.6 is 0 Å². The number of hydrogen-bond acceptors (Lipinski definition) is 3. The van der Waals surface area contributed by atoms with Gasteiger partial charge in [0.2, 0.25) is 5.91 Å². The molecule has 0 spiro atoms. The molecule has 1 aromatic heterocycles. The second-order valence-electron chi connectivity index (χ2n) is 4.30. The molecule has 5 nitrogen and oxygen atoms in total. The number of carbonyl (C=O) groups is 1. The van der Waals surface area contributed by atoms with Crippen LogP contribution in [0.1, 0.15) is 16.8 Å². The molecule has 0 aliphatic heterocycles. The van der Waals surface area contributed by atoms with E-state index in [1.165, 1.54) is 5.56 Å². The molecular formula is C13H16N4O. The number of aromatic nitrogens is 3. The first-order chi connectivity index (χ1) is 8.65. The number of hydrogen-bond donors (Lipinski definition) is 1. The Balaban J connectivity index is 1.85. The summed E-state index contributed by atoms with van der Waals surface area (Å²) < 4.78 is 1.57. The van der Waals surface area contributed by atoms with E-state index in [2.05, 4.69) is 15.6 Å². The summed E-state index contributed by atoms with van der Waals surface area (Å²) in [5.74, 6) is -0.0656. The first-order valence-corrected chi connectivity index (χ1v) is 5.82. The quantitative estimate of drug-likeness (QED) is 0.879. The van der Waals surface area contributed by atoms with Crippen LogP contribution in [-0.4, -0.2) is 20.9 Å². The molecule has 0 fully saturated rings. The van der Waals surface area contributed by atoms with Crippen LogP contribution in [0.3, 0.4) is 0 Å². The van der Waals surface area contributed by atoms with Crippen molar-refractivity contribution in [2.24, 2.45) is 0 Å². The highest BCUT2D eigenvalue weighted by atomic mass is 16.2. The summed E-state index contributed by atoms with van der Waals surface area (Å²) in [5.41, 5.74) is 3.17. The highest BCUT2D eigenvalue weighted by molar-refractivity contribution is 5.75. The molecule has 2 rings (SSSR count). The van der Waals surface area contributed by atoms with E-state index in [0.717, 1.165) is 11.3 Å².